The molecule has 0 radical (unpaired) electrons. The van der Waals surface area contributed by atoms with Crippen molar-refractivity contribution in [1.82, 2.24) is 5.32 Å². The molecule has 6 nitrogen and oxygen atoms in total. The third-order valence-electron chi connectivity index (χ3n) is 2.25. The van der Waals surface area contributed by atoms with Crippen molar-refractivity contribution in [2.75, 3.05) is 18.4 Å². The summed E-state index contributed by atoms with van der Waals surface area (Å²) >= 11 is 0. The predicted molar refractivity (Wildman–Crippen MR) is 65.0 cm³/mol. The smallest absolute Gasteiger partial charge is 0.292 e. The zero-order valence-electron chi connectivity index (χ0n) is 9.82. The number of nitrogens with zero attached hydrogens (tertiary/aromatic N) is 1. The Labute approximate surface area is 99.2 Å². The van der Waals surface area contributed by atoms with Gasteiger partial charge in [0.1, 0.15) is 5.69 Å². The molecule has 1 rings (SSSR count). The van der Waals surface area contributed by atoms with Gasteiger partial charge in [-0.3, -0.25) is 14.9 Å². The van der Waals surface area contributed by atoms with Crippen LogP contribution in [0.1, 0.15) is 12.5 Å². The summed E-state index contributed by atoms with van der Waals surface area (Å²) in [5, 5.41) is 16.4. The quantitative estimate of drug-likeness (QED) is 0.461. The number of hydrogen-bond acceptors (Lipinski definition) is 4. The van der Waals surface area contributed by atoms with Crippen LogP contribution in [0, 0.1) is 17.0 Å². The van der Waals surface area contributed by atoms with Crippen molar-refractivity contribution in [2.24, 2.45) is 0 Å². The van der Waals surface area contributed by atoms with E-state index in [4.69, 9.17) is 0 Å². The van der Waals surface area contributed by atoms with Gasteiger partial charge in [-0.25, -0.2) is 0 Å². The molecular formula is C11H15N3O3. The minimum Gasteiger partial charge on any atom is -0.378 e. The van der Waals surface area contributed by atoms with E-state index in [1.54, 1.807) is 19.1 Å². The summed E-state index contributed by atoms with van der Waals surface area (Å²) in [6.45, 7) is 4.11. The molecule has 0 aliphatic rings. The molecule has 0 aromatic heterocycles. The molecule has 6 heteroatoms. The van der Waals surface area contributed by atoms with Crippen molar-refractivity contribution in [1.29, 1.82) is 0 Å². The Morgan fingerprint density at radius 3 is 2.71 bits per heavy atom. The first kappa shape index (κ1) is 13.0. The Balaban J connectivity index is 2.69. The maximum Gasteiger partial charge on any atom is 0.292 e. The minimum absolute atomic E-state index is 0.0489. The SMILES string of the molecule is CC(=O)NCCNc1c(C)cccc1[N+](=O)[O-]. The van der Waals surface area contributed by atoms with Gasteiger partial charge in [-0.05, 0) is 12.5 Å². The molecule has 17 heavy (non-hydrogen) atoms. The number of carbonyl (C=O) groups excluding carboxylic acids is 1. The van der Waals surface area contributed by atoms with E-state index in [1.807, 2.05) is 0 Å². The van der Waals surface area contributed by atoms with E-state index in [-0.39, 0.29) is 11.6 Å². The second kappa shape index (κ2) is 5.83. The first-order valence-electron chi connectivity index (χ1n) is 5.24. The zero-order valence-corrected chi connectivity index (χ0v) is 9.82. The average Bonchev–Trinajstić information content (AvgIpc) is 2.25. The third kappa shape index (κ3) is 3.75. The summed E-state index contributed by atoms with van der Waals surface area (Å²) < 4.78 is 0. The number of carbonyl (C=O) groups is 1. The molecule has 0 atom stereocenters. The number of benzene rings is 1. The summed E-state index contributed by atoms with van der Waals surface area (Å²) in [5.41, 5.74) is 1.36. The third-order valence-corrected chi connectivity index (χ3v) is 2.25. The van der Waals surface area contributed by atoms with Gasteiger partial charge in [-0.15, -0.1) is 0 Å². The summed E-state index contributed by atoms with van der Waals surface area (Å²) in [5.74, 6) is -0.119. The van der Waals surface area contributed by atoms with Crippen molar-refractivity contribution < 1.29 is 9.72 Å². The lowest BCUT2D eigenvalue weighted by Gasteiger charge is -2.09. The summed E-state index contributed by atoms with van der Waals surface area (Å²) in [7, 11) is 0. The molecule has 0 bridgehead atoms. The van der Waals surface area contributed by atoms with Gasteiger partial charge in [0.15, 0.2) is 0 Å². The van der Waals surface area contributed by atoms with Gasteiger partial charge in [-0.1, -0.05) is 12.1 Å². The number of para-hydroxylation sites is 1. The topological polar surface area (TPSA) is 84.3 Å². The summed E-state index contributed by atoms with van der Waals surface area (Å²) in [4.78, 5) is 21.0. The van der Waals surface area contributed by atoms with Crippen LogP contribution in [-0.4, -0.2) is 23.9 Å². The molecule has 0 unspecified atom stereocenters. The Morgan fingerprint density at radius 2 is 2.12 bits per heavy atom. The number of nitro groups is 1. The van der Waals surface area contributed by atoms with Gasteiger partial charge in [0.05, 0.1) is 4.92 Å². The Kier molecular flexibility index (Phi) is 4.45. The maximum atomic E-state index is 10.8. The van der Waals surface area contributed by atoms with Gasteiger partial charge >= 0.3 is 0 Å². The number of aryl methyl sites for hydroxylation is 1. The van der Waals surface area contributed by atoms with Gasteiger partial charge in [0.2, 0.25) is 5.91 Å². The van der Waals surface area contributed by atoms with Crippen LogP contribution in [0.15, 0.2) is 18.2 Å². The molecule has 0 aliphatic heterocycles. The van der Waals surface area contributed by atoms with Gasteiger partial charge in [0, 0.05) is 26.1 Å². The van der Waals surface area contributed by atoms with Crippen molar-refractivity contribution in [3.05, 3.63) is 33.9 Å². The number of amides is 1. The summed E-state index contributed by atoms with van der Waals surface area (Å²) in [6.07, 6.45) is 0. The molecule has 92 valence electrons. The second-order valence-electron chi connectivity index (χ2n) is 3.64. The van der Waals surface area contributed by atoms with E-state index in [0.717, 1.165) is 5.56 Å². The van der Waals surface area contributed by atoms with E-state index in [1.165, 1.54) is 13.0 Å². The highest BCUT2D eigenvalue weighted by molar-refractivity contribution is 5.73. The largest absolute Gasteiger partial charge is 0.378 e. The molecule has 0 fully saturated rings. The highest BCUT2D eigenvalue weighted by Gasteiger charge is 2.14. The van der Waals surface area contributed by atoms with Crippen LogP contribution in [0.4, 0.5) is 11.4 Å². The molecule has 0 spiro atoms. The lowest BCUT2D eigenvalue weighted by molar-refractivity contribution is -0.384. The van der Waals surface area contributed by atoms with E-state index >= 15 is 0 Å². The molecule has 0 heterocycles. The molecule has 1 amide bonds. The van der Waals surface area contributed by atoms with E-state index < -0.39 is 4.92 Å². The Bertz CT molecular complexity index is 432. The standard InChI is InChI=1S/C11H15N3O3/c1-8-4-3-5-10(14(16)17)11(8)13-7-6-12-9(2)15/h3-5,13H,6-7H2,1-2H3,(H,12,15). The number of anilines is 1. The normalized spacial score (nSPS) is 9.76. The van der Waals surface area contributed by atoms with Crippen LogP contribution in [-0.2, 0) is 4.79 Å². The molecule has 1 aromatic rings. The van der Waals surface area contributed by atoms with Gasteiger partial charge in [0.25, 0.3) is 5.69 Å². The lowest BCUT2D eigenvalue weighted by atomic mass is 10.1. The van der Waals surface area contributed by atoms with Crippen LogP contribution in [0.3, 0.4) is 0 Å². The average molecular weight is 237 g/mol. The predicted octanol–water partition coefficient (Wildman–Crippen LogP) is 1.45. The van der Waals surface area contributed by atoms with Crippen molar-refractivity contribution in [3.63, 3.8) is 0 Å². The fourth-order valence-corrected chi connectivity index (χ4v) is 1.46. The molecule has 1 aromatic carbocycles. The van der Waals surface area contributed by atoms with E-state index in [2.05, 4.69) is 10.6 Å². The van der Waals surface area contributed by atoms with E-state index in [9.17, 15) is 14.9 Å². The molecule has 0 saturated heterocycles. The van der Waals surface area contributed by atoms with Crippen LogP contribution in [0.5, 0.6) is 0 Å². The highest BCUT2D eigenvalue weighted by atomic mass is 16.6. The number of hydrogen-bond donors (Lipinski definition) is 2. The van der Waals surface area contributed by atoms with E-state index in [0.29, 0.717) is 18.8 Å². The second-order valence-corrected chi connectivity index (χ2v) is 3.64. The molecule has 0 saturated carbocycles. The summed E-state index contributed by atoms with van der Waals surface area (Å²) in [6, 6.07) is 4.90. The van der Waals surface area contributed by atoms with Crippen LogP contribution < -0.4 is 10.6 Å². The zero-order chi connectivity index (χ0) is 12.8. The van der Waals surface area contributed by atoms with Crippen LogP contribution in [0.25, 0.3) is 0 Å². The number of rotatable bonds is 5. The van der Waals surface area contributed by atoms with Crippen molar-refractivity contribution in [3.8, 4) is 0 Å². The monoisotopic (exact) mass is 237 g/mol. The van der Waals surface area contributed by atoms with Gasteiger partial charge in [-0.2, -0.15) is 0 Å². The maximum absolute atomic E-state index is 10.8. The molecule has 2 N–H and O–H groups in total. The fraction of sp³-hybridized carbons (Fsp3) is 0.364. The van der Waals surface area contributed by atoms with Crippen molar-refractivity contribution >= 4 is 17.3 Å². The first-order chi connectivity index (χ1) is 8.02. The molecular weight excluding hydrogens is 222 g/mol. The first-order valence-corrected chi connectivity index (χ1v) is 5.24. The van der Waals surface area contributed by atoms with Crippen LogP contribution in [0.2, 0.25) is 0 Å². The van der Waals surface area contributed by atoms with Gasteiger partial charge < -0.3 is 10.6 Å². The fourth-order valence-electron chi connectivity index (χ4n) is 1.46. The Morgan fingerprint density at radius 1 is 1.41 bits per heavy atom. The van der Waals surface area contributed by atoms with Crippen LogP contribution >= 0.6 is 0 Å². The minimum atomic E-state index is -0.423. The lowest BCUT2D eigenvalue weighted by Crippen LogP contribution is -2.26. The highest BCUT2D eigenvalue weighted by Crippen LogP contribution is 2.27. The Hall–Kier alpha value is -2.11. The molecule has 0 aliphatic carbocycles. The van der Waals surface area contributed by atoms with Crippen molar-refractivity contribution in [2.45, 2.75) is 13.8 Å². The number of nitrogens with one attached hydrogen (secondary N) is 2. The number of nitro benzene ring substituents is 1.